The SMILES string of the molecule is CCS(=O)(=O)N1CC(CC(=O)OC)(N2CCC(N([C-]=O)[C@@H]3CC3c3ccccc3)CC2)C1.[Fm]. The van der Waals surface area contributed by atoms with Crippen LogP contribution in [0.5, 0.6) is 0 Å². The first kappa shape index (κ1) is 24.7. The Labute approximate surface area is 190 Å². The van der Waals surface area contributed by atoms with Crippen LogP contribution in [0.25, 0.3) is 0 Å². The standard InChI is InChI=1S/C23H32N3O5S.Fm/c1-3-32(29,30)25-15-23(16-25,14-22(28)31-2)24-11-9-19(10-12-24)26(17-27)21-13-20(21)18-7-5-4-6-8-18;/h4-8,19-21H,3,9-16H2,1-2H3;/q-1;/t20?,21-;/m1./s1. The van der Waals surface area contributed by atoms with E-state index >= 15 is 0 Å². The van der Waals surface area contributed by atoms with Crippen molar-refractivity contribution in [1.29, 1.82) is 0 Å². The van der Waals surface area contributed by atoms with Gasteiger partial charge >= 0.3 is 5.97 Å². The molecule has 4 rings (SSSR count). The van der Waals surface area contributed by atoms with Crippen LogP contribution in [-0.2, 0) is 24.3 Å². The number of hydrogen-bond acceptors (Lipinski definition) is 6. The molecule has 0 bridgehead atoms. The fraction of sp³-hybridized carbons (Fsp3) is 0.652. The first-order valence-electron chi connectivity index (χ1n) is 11.3. The van der Waals surface area contributed by atoms with Crippen LogP contribution in [0.1, 0.15) is 44.1 Å². The van der Waals surface area contributed by atoms with E-state index in [0.29, 0.717) is 32.1 Å². The van der Waals surface area contributed by atoms with Gasteiger partial charge in [-0.05, 0) is 31.7 Å². The van der Waals surface area contributed by atoms with Gasteiger partial charge in [0.25, 0.3) is 0 Å². The van der Waals surface area contributed by atoms with E-state index in [4.69, 9.17) is 4.74 Å². The zero-order valence-electron chi connectivity index (χ0n) is 19.1. The van der Waals surface area contributed by atoms with Crippen LogP contribution in [-0.4, -0.2) is 91.6 Å². The van der Waals surface area contributed by atoms with Gasteiger partial charge in [-0.3, -0.25) is 9.69 Å². The van der Waals surface area contributed by atoms with E-state index in [1.54, 1.807) is 6.92 Å². The molecule has 2 heterocycles. The van der Waals surface area contributed by atoms with E-state index in [2.05, 4.69) is 23.4 Å². The number of hydrogen-bond donors (Lipinski definition) is 0. The third-order valence-corrected chi connectivity index (χ3v) is 9.15. The van der Waals surface area contributed by atoms with Crippen LogP contribution in [0.2, 0.25) is 0 Å². The van der Waals surface area contributed by atoms with Crippen molar-refractivity contribution in [1.82, 2.24) is 14.1 Å². The van der Waals surface area contributed by atoms with E-state index in [1.165, 1.54) is 17.0 Å². The van der Waals surface area contributed by atoms with Crippen LogP contribution < -0.4 is 0 Å². The number of ether oxygens (including phenoxy) is 1. The second kappa shape index (κ2) is 9.49. The Hall–Kier alpha value is -2.97. The number of rotatable bonds is 9. The maximum absolute atomic E-state index is 12.3. The molecule has 0 aromatic heterocycles. The van der Waals surface area contributed by atoms with Gasteiger partial charge < -0.3 is 14.4 Å². The fourth-order valence-electron chi connectivity index (χ4n) is 5.33. The number of carbonyl (C=O) groups is 1. The Morgan fingerprint density at radius 3 is 2.39 bits per heavy atom. The van der Waals surface area contributed by atoms with Gasteiger partial charge in [-0.1, -0.05) is 30.3 Å². The Bertz CT molecular complexity index is 931. The summed E-state index contributed by atoms with van der Waals surface area (Å²) in [5, 5.41) is 0. The Morgan fingerprint density at radius 1 is 1.21 bits per heavy atom. The Balaban J connectivity index is 0.00000306. The molecular weight excluding hydrogens is 687 g/mol. The van der Waals surface area contributed by atoms with Crippen molar-refractivity contribution < 1.29 is 22.7 Å². The van der Waals surface area contributed by atoms with Gasteiger partial charge in [0.05, 0.1) is 24.8 Å². The van der Waals surface area contributed by atoms with E-state index in [9.17, 15) is 18.0 Å². The monoisotopic (exact) mass is 719 g/mol. The third kappa shape index (κ3) is 4.72. The second-order valence-corrected chi connectivity index (χ2v) is 11.4. The predicted molar refractivity (Wildman–Crippen MR) is 120 cm³/mol. The summed E-state index contributed by atoms with van der Waals surface area (Å²) in [6.45, 7) is 3.67. The zero-order chi connectivity index (χ0) is 22.9. The summed E-state index contributed by atoms with van der Waals surface area (Å²) in [6.07, 6.45) is 4.91. The van der Waals surface area contributed by atoms with Crippen molar-refractivity contribution in [2.24, 2.45) is 0 Å². The molecule has 1 amide bonds. The zero-order valence-corrected chi connectivity index (χ0v) is 22.3. The van der Waals surface area contributed by atoms with Gasteiger partial charge in [0, 0.05) is 44.2 Å². The summed E-state index contributed by atoms with van der Waals surface area (Å²) in [5.74, 6) is 0.102. The molecule has 8 nitrogen and oxygen atoms in total. The number of likely N-dealkylation sites (tertiary alicyclic amines) is 1. The number of nitrogens with zero attached hydrogens (tertiary/aromatic N) is 3. The molecule has 1 aromatic rings. The molecule has 1 saturated carbocycles. The summed E-state index contributed by atoms with van der Waals surface area (Å²) in [6, 6.07) is 10.6. The van der Waals surface area contributed by atoms with Gasteiger partial charge in [-0.2, -0.15) is 10.7 Å². The van der Waals surface area contributed by atoms with E-state index in [-0.39, 0.29) is 30.2 Å². The van der Waals surface area contributed by atoms with Crippen LogP contribution in [0.3, 0.4) is 0 Å². The second-order valence-electron chi connectivity index (χ2n) is 9.18. The number of piperidine rings is 1. The minimum Gasteiger partial charge on any atom is -0.520 e. The summed E-state index contributed by atoms with van der Waals surface area (Å²) in [5.41, 5.74) is 0.737. The maximum atomic E-state index is 12.3. The quantitative estimate of drug-likeness (QED) is 0.218. The Morgan fingerprint density at radius 2 is 1.85 bits per heavy atom. The fourth-order valence-corrected chi connectivity index (χ4v) is 6.57. The molecule has 1 unspecified atom stereocenters. The van der Waals surface area contributed by atoms with Crippen molar-refractivity contribution in [2.45, 2.75) is 56.1 Å². The summed E-state index contributed by atoms with van der Waals surface area (Å²) in [7, 11) is -1.92. The molecule has 3 aliphatic rings. The van der Waals surface area contributed by atoms with E-state index < -0.39 is 15.6 Å². The largest absolute Gasteiger partial charge is 0.520 e. The van der Waals surface area contributed by atoms with Crippen LogP contribution >= 0.6 is 0 Å². The van der Waals surface area contributed by atoms with Gasteiger partial charge in [0.15, 0.2) is 0 Å². The smallest absolute Gasteiger partial charge is 0.307 e. The molecule has 188 valence electrons. The number of carbonyl (C=O) groups excluding carboxylic acids is 2. The van der Waals surface area contributed by atoms with Crippen molar-refractivity contribution in [3.05, 3.63) is 35.9 Å². The molecule has 0 spiro atoms. The molecule has 33 heavy (non-hydrogen) atoms. The van der Waals surface area contributed by atoms with Gasteiger partial charge in [-0.15, -0.1) is 0 Å². The molecule has 2 atom stereocenters. The molecule has 10 heteroatoms. The minimum absolute atomic E-state index is 0. The normalized spacial score (nSPS) is 25.4. The van der Waals surface area contributed by atoms with Crippen LogP contribution in [0.4, 0.5) is 0 Å². The van der Waals surface area contributed by atoms with Crippen LogP contribution in [0, 0.1) is 0 Å². The summed E-state index contributed by atoms with van der Waals surface area (Å²) in [4.78, 5) is 28.0. The molecule has 2 aliphatic heterocycles. The number of sulfonamides is 1. The van der Waals surface area contributed by atoms with E-state index in [1.807, 2.05) is 23.1 Å². The van der Waals surface area contributed by atoms with Gasteiger partial charge in [-0.25, -0.2) is 8.42 Å². The average Bonchev–Trinajstić information content (AvgIpc) is 3.58. The average molecular weight is 720 g/mol. The third-order valence-electron chi connectivity index (χ3n) is 7.38. The molecule has 0 radical (unpaired) electrons. The number of benzene rings is 1. The van der Waals surface area contributed by atoms with Crippen molar-refractivity contribution in [2.75, 3.05) is 39.0 Å². The van der Waals surface area contributed by atoms with Crippen molar-refractivity contribution in [3.63, 3.8) is 0 Å². The van der Waals surface area contributed by atoms with Gasteiger partial charge in [0.1, 0.15) is 0 Å². The molecule has 0 N–H and O–H groups in total. The number of esters is 1. The molecule has 1 aliphatic carbocycles. The number of methoxy groups -OCH3 is 1. The van der Waals surface area contributed by atoms with Crippen molar-refractivity contribution >= 4 is 22.4 Å². The number of amides is 1. The summed E-state index contributed by atoms with van der Waals surface area (Å²) >= 11 is 0. The van der Waals surface area contributed by atoms with Crippen LogP contribution in [0.15, 0.2) is 30.3 Å². The molecule has 2 saturated heterocycles. The molecule has 3 fully saturated rings. The van der Waals surface area contributed by atoms with Gasteiger partial charge in [0.2, 0.25) is 10.0 Å². The first-order valence-corrected chi connectivity index (χ1v) is 12.9. The molecular formula is C23H32FmN3O5S-. The first-order chi connectivity index (χ1) is 15.3. The van der Waals surface area contributed by atoms with Crippen molar-refractivity contribution in [3.8, 4) is 0 Å². The summed E-state index contributed by atoms with van der Waals surface area (Å²) < 4.78 is 30.9. The maximum Gasteiger partial charge on any atom is 0.307 e. The molecule has 1 aromatic carbocycles. The Kier molecular flexibility index (Phi) is 7.09. The topological polar surface area (TPSA) is 87.2 Å². The predicted octanol–water partition coefficient (Wildman–Crippen LogP) is 1.34. The minimum atomic E-state index is -3.28. The van der Waals surface area contributed by atoms with E-state index in [0.717, 1.165) is 19.3 Å².